The Morgan fingerprint density at radius 2 is 2.11 bits per heavy atom. The topological polar surface area (TPSA) is 99.4 Å². The van der Waals surface area contributed by atoms with Crippen molar-refractivity contribution in [3.05, 3.63) is 39.7 Å². The molecule has 0 aliphatic carbocycles. The smallest absolute Gasteiger partial charge is 0.266 e. The molecule has 4 rings (SSSR count). The lowest BCUT2D eigenvalue weighted by Crippen LogP contribution is -2.48. The van der Waals surface area contributed by atoms with E-state index >= 15 is 0 Å². The van der Waals surface area contributed by atoms with Crippen molar-refractivity contribution in [2.45, 2.75) is 20.3 Å². The van der Waals surface area contributed by atoms with Crippen LogP contribution in [0.5, 0.6) is 0 Å². The van der Waals surface area contributed by atoms with Crippen molar-refractivity contribution < 1.29 is 13.6 Å². The van der Waals surface area contributed by atoms with Gasteiger partial charge in [0.05, 0.1) is 17.0 Å². The molecule has 1 aliphatic rings. The molecule has 0 unspecified atom stereocenters. The molecule has 28 heavy (non-hydrogen) atoms. The number of hydrogen-bond acceptors (Lipinski definition) is 8. The summed E-state index contributed by atoms with van der Waals surface area (Å²) >= 11 is 1.47. The van der Waals surface area contributed by atoms with Gasteiger partial charge in [0.25, 0.3) is 11.8 Å². The predicted octanol–water partition coefficient (Wildman–Crippen LogP) is 3.10. The van der Waals surface area contributed by atoms with Crippen molar-refractivity contribution >= 4 is 23.1 Å². The molecule has 0 atom stereocenters. The number of furan rings is 1. The highest BCUT2D eigenvalue weighted by atomic mass is 32.1. The molecule has 0 spiro atoms. The van der Waals surface area contributed by atoms with Gasteiger partial charge in [0.15, 0.2) is 5.76 Å². The number of thiazole rings is 1. The number of anilines is 1. The maximum atomic E-state index is 12.9. The van der Waals surface area contributed by atoms with Crippen LogP contribution in [0.1, 0.15) is 33.0 Å². The van der Waals surface area contributed by atoms with E-state index in [0.29, 0.717) is 42.7 Å². The number of carbonyl (C=O) groups is 1. The Morgan fingerprint density at radius 3 is 2.71 bits per heavy atom. The van der Waals surface area contributed by atoms with E-state index in [-0.39, 0.29) is 17.5 Å². The van der Waals surface area contributed by atoms with Crippen LogP contribution in [0.15, 0.2) is 27.2 Å². The van der Waals surface area contributed by atoms with Crippen LogP contribution >= 0.6 is 11.3 Å². The van der Waals surface area contributed by atoms with Crippen molar-refractivity contribution in [3.8, 4) is 17.7 Å². The van der Waals surface area contributed by atoms with Crippen LogP contribution in [-0.2, 0) is 6.42 Å². The highest BCUT2D eigenvalue weighted by Gasteiger charge is 2.29. The maximum absolute atomic E-state index is 12.9. The first-order valence-electron chi connectivity index (χ1n) is 9.06. The lowest BCUT2D eigenvalue weighted by molar-refractivity contribution is 0.0749. The van der Waals surface area contributed by atoms with E-state index in [2.05, 4.69) is 16.0 Å². The summed E-state index contributed by atoms with van der Waals surface area (Å²) in [4.78, 5) is 26.0. The van der Waals surface area contributed by atoms with Crippen molar-refractivity contribution in [2.75, 3.05) is 31.1 Å². The third kappa shape index (κ3) is 3.27. The molecule has 144 valence electrons. The normalized spacial score (nSPS) is 14.3. The number of hydrogen-bond donors (Lipinski definition) is 0. The largest absolute Gasteiger partial charge is 0.459 e. The first kappa shape index (κ1) is 18.3. The van der Waals surface area contributed by atoms with Crippen LogP contribution in [0.3, 0.4) is 0 Å². The molecule has 1 saturated heterocycles. The molecule has 9 heteroatoms. The summed E-state index contributed by atoms with van der Waals surface area (Å²) in [5.74, 6) is 1.19. The lowest BCUT2D eigenvalue weighted by Gasteiger charge is -2.34. The molecule has 0 radical (unpaired) electrons. The van der Waals surface area contributed by atoms with Crippen molar-refractivity contribution in [1.29, 1.82) is 5.26 Å². The van der Waals surface area contributed by atoms with Crippen LogP contribution in [0.4, 0.5) is 5.88 Å². The van der Waals surface area contributed by atoms with Gasteiger partial charge in [0.1, 0.15) is 10.9 Å². The van der Waals surface area contributed by atoms with Crippen molar-refractivity contribution in [2.24, 2.45) is 0 Å². The molecule has 1 aliphatic heterocycles. The molecule has 8 nitrogen and oxygen atoms in total. The Hall–Kier alpha value is -3.12. The third-order valence-corrected chi connectivity index (χ3v) is 5.93. The SMILES string of the molecule is CCc1nc(C)c(C(=O)N2CCN(c3oc(-c4ccco4)nc3C#N)CC2)s1. The summed E-state index contributed by atoms with van der Waals surface area (Å²) in [6.45, 7) is 6.12. The van der Waals surface area contributed by atoms with E-state index in [1.165, 1.54) is 17.6 Å². The first-order valence-corrected chi connectivity index (χ1v) is 9.87. The van der Waals surface area contributed by atoms with Crippen LogP contribution in [0.25, 0.3) is 11.7 Å². The van der Waals surface area contributed by atoms with Crippen LogP contribution < -0.4 is 4.90 Å². The lowest BCUT2D eigenvalue weighted by atomic mass is 10.2. The van der Waals surface area contributed by atoms with E-state index in [1.54, 1.807) is 12.1 Å². The Morgan fingerprint density at radius 1 is 1.32 bits per heavy atom. The van der Waals surface area contributed by atoms with Gasteiger partial charge >= 0.3 is 0 Å². The molecule has 4 heterocycles. The number of carbonyl (C=O) groups excluding carboxylic acids is 1. The van der Waals surface area contributed by atoms with Gasteiger partial charge in [0.2, 0.25) is 11.6 Å². The molecular formula is C19H19N5O3S. The average molecular weight is 397 g/mol. The average Bonchev–Trinajstić information content (AvgIpc) is 3.46. The second-order valence-corrected chi connectivity index (χ2v) is 7.50. The summed E-state index contributed by atoms with van der Waals surface area (Å²) < 4.78 is 11.1. The van der Waals surface area contributed by atoms with E-state index in [0.717, 1.165) is 17.1 Å². The Bertz CT molecular complexity index is 1020. The Kier molecular flexibility index (Phi) is 4.88. The number of amides is 1. The number of piperazine rings is 1. The van der Waals surface area contributed by atoms with Gasteiger partial charge in [0, 0.05) is 26.2 Å². The molecular weight excluding hydrogens is 378 g/mol. The van der Waals surface area contributed by atoms with Crippen molar-refractivity contribution in [3.63, 3.8) is 0 Å². The van der Waals surface area contributed by atoms with Gasteiger partial charge in [-0.1, -0.05) is 6.92 Å². The minimum atomic E-state index is 0.0173. The Balaban J connectivity index is 1.48. The Labute approximate surface area is 166 Å². The van der Waals surface area contributed by atoms with Gasteiger partial charge in [-0.05, 0) is 25.5 Å². The minimum Gasteiger partial charge on any atom is -0.459 e. The monoisotopic (exact) mass is 397 g/mol. The maximum Gasteiger partial charge on any atom is 0.266 e. The highest BCUT2D eigenvalue weighted by Crippen LogP contribution is 2.29. The zero-order valence-electron chi connectivity index (χ0n) is 15.6. The summed E-state index contributed by atoms with van der Waals surface area (Å²) in [6, 6.07) is 5.54. The molecule has 3 aromatic heterocycles. The molecule has 0 aromatic carbocycles. The van der Waals surface area contributed by atoms with Gasteiger partial charge < -0.3 is 18.6 Å². The van der Waals surface area contributed by atoms with E-state index in [9.17, 15) is 10.1 Å². The zero-order valence-corrected chi connectivity index (χ0v) is 16.5. The first-order chi connectivity index (χ1) is 13.6. The van der Waals surface area contributed by atoms with Gasteiger partial charge in [-0.15, -0.1) is 11.3 Å². The van der Waals surface area contributed by atoms with Gasteiger partial charge in [-0.25, -0.2) is 4.98 Å². The molecule has 1 fully saturated rings. The summed E-state index contributed by atoms with van der Waals surface area (Å²) in [6.07, 6.45) is 2.36. The van der Waals surface area contributed by atoms with E-state index in [1.807, 2.05) is 23.6 Å². The highest BCUT2D eigenvalue weighted by molar-refractivity contribution is 7.13. The van der Waals surface area contributed by atoms with E-state index < -0.39 is 0 Å². The summed E-state index contributed by atoms with van der Waals surface area (Å²) in [5, 5.41) is 10.4. The quantitative estimate of drug-likeness (QED) is 0.667. The fourth-order valence-corrected chi connectivity index (χ4v) is 4.14. The van der Waals surface area contributed by atoms with Crippen molar-refractivity contribution in [1.82, 2.24) is 14.9 Å². The standard InChI is InChI=1S/C19H19N5O3S/c1-3-15-21-12(2)16(28-15)18(25)23-6-8-24(9-7-23)19-13(11-20)22-17(27-19)14-5-4-10-26-14/h4-5,10H,3,6-9H2,1-2H3. The van der Waals surface area contributed by atoms with Gasteiger partial charge in [-0.2, -0.15) is 10.2 Å². The number of nitriles is 1. The third-order valence-electron chi connectivity index (χ3n) is 4.64. The number of rotatable bonds is 4. The van der Waals surface area contributed by atoms with Gasteiger partial charge in [-0.3, -0.25) is 4.79 Å². The predicted molar refractivity (Wildman–Crippen MR) is 103 cm³/mol. The van der Waals surface area contributed by atoms with Crippen LogP contribution in [0, 0.1) is 18.3 Å². The number of nitrogens with zero attached hydrogens (tertiary/aromatic N) is 5. The van der Waals surface area contributed by atoms with Crippen LogP contribution in [-0.4, -0.2) is 47.0 Å². The number of aromatic nitrogens is 2. The molecule has 0 bridgehead atoms. The number of aryl methyl sites for hydroxylation is 2. The molecule has 0 saturated carbocycles. The fourth-order valence-electron chi connectivity index (χ4n) is 3.16. The van der Waals surface area contributed by atoms with E-state index in [4.69, 9.17) is 8.83 Å². The summed E-state index contributed by atoms with van der Waals surface area (Å²) in [7, 11) is 0. The van der Waals surface area contributed by atoms with Crippen LogP contribution in [0.2, 0.25) is 0 Å². The fraction of sp³-hybridized carbons (Fsp3) is 0.368. The zero-order chi connectivity index (χ0) is 19.7. The second kappa shape index (κ2) is 7.48. The minimum absolute atomic E-state index is 0.0173. The molecule has 0 N–H and O–H groups in total. The second-order valence-electron chi connectivity index (χ2n) is 6.42. The molecule has 1 amide bonds. The molecule has 3 aromatic rings. The summed E-state index contributed by atoms with van der Waals surface area (Å²) in [5.41, 5.74) is 1.01. The number of oxazole rings is 1.